The minimum Gasteiger partial charge on any atom is -0.492 e. The molecule has 0 radical (unpaired) electrons. The van der Waals surface area contributed by atoms with Crippen LogP contribution < -0.4 is 10.1 Å². The van der Waals surface area contributed by atoms with Gasteiger partial charge < -0.3 is 10.1 Å². The fourth-order valence-corrected chi connectivity index (χ4v) is 1.41. The van der Waals surface area contributed by atoms with Crippen molar-refractivity contribution in [3.8, 4) is 5.75 Å². The lowest BCUT2D eigenvalue weighted by molar-refractivity contribution is -0.159. The van der Waals surface area contributed by atoms with Crippen molar-refractivity contribution in [1.82, 2.24) is 15.3 Å². The standard InChI is InChI=1S/C9H11ClF3N3O/c1-3-14-6(9(11,12)13)8-15-4-5(17-2)7(10)16-8/h4,6,14H,3H2,1-2H3. The van der Waals surface area contributed by atoms with Gasteiger partial charge in [0.15, 0.2) is 22.8 Å². The number of hydrogen-bond donors (Lipinski definition) is 1. The topological polar surface area (TPSA) is 47.0 Å². The highest BCUT2D eigenvalue weighted by molar-refractivity contribution is 6.30. The lowest BCUT2D eigenvalue weighted by atomic mass is 10.2. The van der Waals surface area contributed by atoms with Gasteiger partial charge in [0.2, 0.25) is 0 Å². The van der Waals surface area contributed by atoms with Crippen molar-refractivity contribution in [1.29, 1.82) is 0 Å². The van der Waals surface area contributed by atoms with Gasteiger partial charge >= 0.3 is 6.18 Å². The summed E-state index contributed by atoms with van der Waals surface area (Å²) in [5, 5.41) is 2.11. The van der Waals surface area contributed by atoms with Crippen molar-refractivity contribution in [2.45, 2.75) is 19.1 Å². The molecule has 1 rings (SSSR count). The Hall–Kier alpha value is -1.08. The van der Waals surface area contributed by atoms with E-state index in [1.807, 2.05) is 0 Å². The number of nitrogens with one attached hydrogen (secondary N) is 1. The highest BCUT2D eigenvalue weighted by Crippen LogP contribution is 2.32. The summed E-state index contributed by atoms with van der Waals surface area (Å²) < 4.78 is 42.8. The summed E-state index contributed by atoms with van der Waals surface area (Å²) in [4.78, 5) is 7.17. The van der Waals surface area contributed by atoms with Crippen molar-refractivity contribution in [2.75, 3.05) is 13.7 Å². The van der Waals surface area contributed by atoms with Gasteiger partial charge in [0, 0.05) is 0 Å². The van der Waals surface area contributed by atoms with Crippen molar-refractivity contribution in [2.24, 2.45) is 0 Å². The summed E-state index contributed by atoms with van der Waals surface area (Å²) in [6, 6.07) is -1.93. The monoisotopic (exact) mass is 269 g/mol. The molecule has 0 fully saturated rings. The molecule has 96 valence electrons. The Morgan fingerprint density at radius 2 is 2.18 bits per heavy atom. The molecule has 0 saturated heterocycles. The summed E-state index contributed by atoms with van der Waals surface area (Å²) in [6.45, 7) is 1.70. The van der Waals surface area contributed by atoms with Crippen molar-refractivity contribution >= 4 is 11.6 Å². The minimum atomic E-state index is -4.48. The first kappa shape index (κ1) is 14.0. The molecular formula is C9H11ClF3N3O. The molecule has 0 saturated carbocycles. The molecule has 1 atom stereocenters. The second-order valence-electron chi connectivity index (χ2n) is 3.12. The average Bonchev–Trinajstić information content (AvgIpc) is 2.24. The first-order valence-corrected chi connectivity index (χ1v) is 5.14. The van der Waals surface area contributed by atoms with E-state index < -0.39 is 18.0 Å². The van der Waals surface area contributed by atoms with Gasteiger partial charge in [-0.25, -0.2) is 9.97 Å². The number of nitrogens with zero attached hydrogens (tertiary/aromatic N) is 2. The van der Waals surface area contributed by atoms with Gasteiger partial charge in [0.1, 0.15) is 0 Å². The smallest absolute Gasteiger partial charge is 0.411 e. The molecule has 8 heteroatoms. The van der Waals surface area contributed by atoms with Crippen LogP contribution in [0.5, 0.6) is 5.75 Å². The number of halogens is 4. The van der Waals surface area contributed by atoms with Gasteiger partial charge in [-0.1, -0.05) is 18.5 Å². The van der Waals surface area contributed by atoms with E-state index in [1.54, 1.807) is 6.92 Å². The highest BCUT2D eigenvalue weighted by atomic mass is 35.5. The van der Waals surface area contributed by atoms with E-state index in [4.69, 9.17) is 16.3 Å². The summed E-state index contributed by atoms with van der Waals surface area (Å²) in [5.74, 6) is -0.294. The van der Waals surface area contributed by atoms with E-state index in [1.165, 1.54) is 7.11 Å². The maximum Gasteiger partial charge on any atom is 0.411 e. The molecule has 0 bridgehead atoms. The third-order valence-electron chi connectivity index (χ3n) is 1.94. The Kier molecular flexibility index (Phi) is 4.53. The van der Waals surface area contributed by atoms with Crippen molar-refractivity contribution < 1.29 is 17.9 Å². The second kappa shape index (κ2) is 5.50. The molecule has 0 aromatic carbocycles. The Bertz CT molecular complexity index is 386. The van der Waals surface area contributed by atoms with Crippen LogP contribution in [0.4, 0.5) is 13.2 Å². The van der Waals surface area contributed by atoms with E-state index in [-0.39, 0.29) is 17.4 Å². The zero-order valence-electron chi connectivity index (χ0n) is 9.18. The fraction of sp³-hybridized carbons (Fsp3) is 0.556. The van der Waals surface area contributed by atoms with Crippen molar-refractivity contribution in [3.05, 3.63) is 17.2 Å². The Morgan fingerprint density at radius 1 is 1.53 bits per heavy atom. The molecule has 17 heavy (non-hydrogen) atoms. The normalized spacial score (nSPS) is 13.5. The summed E-state index contributed by atoms with van der Waals surface area (Å²) in [7, 11) is 1.33. The second-order valence-corrected chi connectivity index (χ2v) is 3.48. The first-order valence-electron chi connectivity index (χ1n) is 4.76. The van der Waals surface area contributed by atoms with Gasteiger partial charge in [-0.15, -0.1) is 0 Å². The van der Waals surface area contributed by atoms with E-state index in [0.717, 1.165) is 6.20 Å². The summed E-state index contributed by atoms with van der Waals surface area (Å²) in [6.07, 6.45) is -3.37. The predicted molar refractivity (Wildman–Crippen MR) is 56.1 cm³/mol. The molecule has 4 nitrogen and oxygen atoms in total. The number of rotatable bonds is 4. The van der Waals surface area contributed by atoms with Gasteiger partial charge in [-0.3, -0.25) is 0 Å². The third kappa shape index (κ3) is 3.44. The van der Waals surface area contributed by atoms with Crippen molar-refractivity contribution in [3.63, 3.8) is 0 Å². The lowest BCUT2D eigenvalue weighted by Crippen LogP contribution is -2.35. The number of alkyl halides is 3. The van der Waals surface area contributed by atoms with Crippen LogP contribution in [0, 0.1) is 0 Å². The molecule has 1 heterocycles. The minimum absolute atomic E-state index is 0.132. The molecule has 1 unspecified atom stereocenters. The van der Waals surface area contributed by atoms with Gasteiger partial charge in [0.05, 0.1) is 13.3 Å². The number of ether oxygens (including phenoxy) is 1. The molecule has 0 aliphatic carbocycles. The van der Waals surface area contributed by atoms with E-state index in [9.17, 15) is 13.2 Å². The van der Waals surface area contributed by atoms with E-state index in [2.05, 4.69) is 15.3 Å². The molecule has 0 spiro atoms. The van der Waals surface area contributed by atoms with Gasteiger partial charge in [-0.2, -0.15) is 13.2 Å². The zero-order valence-corrected chi connectivity index (χ0v) is 9.93. The quantitative estimate of drug-likeness (QED) is 0.853. The van der Waals surface area contributed by atoms with Gasteiger partial charge in [0.25, 0.3) is 0 Å². The average molecular weight is 270 g/mol. The fourth-order valence-electron chi connectivity index (χ4n) is 1.20. The largest absolute Gasteiger partial charge is 0.492 e. The molecule has 0 aliphatic rings. The molecule has 1 aromatic heterocycles. The summed E-state index contributed by atoms with van der Waals surface area (Å²) in [5.41, 5.74) is 0. The van der Waals surface area contributed by atoms with E-state index >= 15 is 0 Å². The zero-order chi connectivity index (χ0) is 13.1. The predicted octanol–water partition coefficient (Wildman–Crippen LogP) is 2.35. The van der Waals surface area contributed by atoms with Crippen LogP contribution in [0.2, 0.25) is 5.15 Å². The molecule has 0 amide bonds. The maximum atomic E-state index is 12.7. The lowest BCUT2D eigenvalue weighted by Gasteiger charge is -2.19. The number of aromatic nitrogens is 2. The number of methoxy groups -OCH3 is 1. The Labute approximate surface area is 101 Å². The van der Waals surface area contributed by atoms with Crippen LogP contribution in [0.15, 0.2) is 6.20 Å². The third-order valence-corrected chi connectivity index (χ3v) is 2.21. The van der Waals surface area contributed by atoms with Crippen LogP contribution >= 0.6 is 11.6 Å². The van der Waals surface area contributed by atoms with Gasteiger partial charge in [-0.05, 0) is 6.54 Å². The Morgan fingerprint density at radius 3 is 2.59 bits per heavy atom. The highest BCUT2D eigenvalue weighted by Gasteiger charge is 2.42. The SMILES string of the molecule is CCNC(c1ncc(OC)c(Cl)n1)C(F)(F)F. The van der Waals surface area contributed by atoms with Crippen LogP contribution in [0.25, 0.3) is 0 Å². The maximum absolute atomic E-state index is 12.7. The number of hydrogen-bond acceptors (Lipinski definition) is 4. The van der Waals surface area contributed by atoms with Crippen LogP contribution in [0.3, 0.4) is 0 Å². The summed E-state index contributed by atoms with van der Waals surface area (Å²) >= 11 is 5.65. The molecular weight excluding hydrogens is 259 g/mol. The molecule has 0 aliphatic heterocycles. The molecule has 1 N–H and O–H groups in total. The first-order chi connectivity index (χ1) is 7.90. The van der Waals surface area contributed by atoms with Crippen LogP contribution in [-0.2, 0) is 0 Å². The van der Waals surface area contributed by atoms with E-state index in [0.29, 0.717) is 0 Å². The van der Waals surface area contributed by atoms with Crippen LogP contribution in [0.1, 0.15) is 18.8 Å². The Balaban J connectivity index is 3.07. The molecule has 1 aromatic rings. The van der Waals surface area contributed by atoms with Crippen LogP contribution in [-0.4, -0.2) is 29.8 Å².